The Kier molecular flexibility index (Phi) is 6.24. The third-order valence-corrected chi connectivity index (χ3v) is 6.56. The summed E-state index contributed by atoms with van der Waals surface area (Å²) in [6, 6.07) is 8.27. The summed E-state index contributed by atoms with van der Waals surface area (Å²) in [5.74, 6) is -1.30. The molecule has 2 heterocycles. The Bertz CT molecular complexity index is 1030. The maximum atomic E-state index is 13.6. The molecule has 0 radical (unpaired) electrons. The minimum Gasteiger partial charge on any atom is -0.464 e. The number of halogens is 1. The van der Waals surface area contributed by atoms with Crippen molar-refractivity contribution in [2.75, 3.05) is 12.0 Å². The lowest BCUT2D eigenvalue weighted by atomic mass is 9.93. The van der Waals surface area contributed by atoms with E-state index in [9.17, 15) is 14.4 Å². The second-order valence-corrected chi connectivity index (χ2v) is 9.05. The summed E-state index contributed by atoms with van der Waals surface area (Å²) in [6.45, 7) is 1.83. The zero-order valence-corrected chi connectivity index (χ0v) is 19.0. The summed E-state index contributed by atoms with van der Waals surface area (Å²) in [6.07, 6.45) is 6.35. The fourth-order valence-corrected chi connectivity index (χ4v) is 4.67. The standard InChI is InChI=1S/C23H27ClN4O4/c1-23(22(31)25-16-7-5-3-4-6-8-16)14-27-19(13-18(26-27)21(30)32-2)20(29)28(23)17-11-9-15(24)10-12-17/h9-13,16H,3-8,14H2,1-2H3,(H,25,31)/t23-/m1/s1. The van der Waals surface area contributed by atoms with Crippen molar-refractivity contribution in [1.29, 1.82) is 0 Å². The van der Waals surface area contributed by atoms with Gasteiger partial charge in [-0.1, -0.05) is 37.3 Å². The van der Waals surface area contributed by atoms with Gasteiger partial charge < -0.3 is 10.1 Å². The molecule has 2 aliphatic rings. The second kappa shape index (κ2) is 8.94. The lowest BCUT2D eigenvalue weighted by Gasteiger charge is -2.43. The molecule has 0 unspecified atom stereocenters. The number of fused-ring (bicyclic) bond motifs is 1. The van der Waals surface area contributed by atoms with Crippen LogP contribution >= 0.6 is 11.6 Å². The van der Waals surface area contributed by atoms with Crippen molar-refractivity contribution in [2.45, 2.75) is 63.6 Å². The molecule has 1 aromatic heterocycles. The summed E-state index contributed by atoms with van der Waals surface area (Å²) in [5.41, 5.74) is -0.450. The van der Waals surface area contributed by atoms with Gasteiger partial charge in [0, 0.05) is 22.8 Å². The SMILES string of the molecule is COC(=O)c1cc2n(n1)C[C@](C)(C(=O)NC1CCCCCC1)N(c1ccc(Cl)cc1)C2=O. The number of hydrogen-bond donors (Lipinski definition) is 1. The summed E-state index contributed by atoms with van der Waals surface area (Å²) >= 11 is 6.05. The van der Waals surface area contributed by atoms with Gasteiger partial charge in [0.05, 0.1) is 13.7 Å². The van der Waals surface area contributed by atoms with E-state index in [4.69, 9.17) is 16.3 Å². The first-order valence-corrected chi connectivity index (χ1v) is 11.3. The van der Waals surface area contributed by atoms with Crippen LogP contribution in [0.4, 0.5) is 5.69 Å². The monoisotopic (exact) mass is 458 g/mol. The molecule has 1 aliphatic heterocycles. The van der Waals surface area contributed by atoms with Crippen LogP contribution in [0.25, 0.3) is 0 Å². The Hall–Kier alpha value is -2.87. The molecule has 9 heteroatoms. The Morgan fingerprint density at radius 1 is 1.16 bits per heavy atom. The molecule has 0 saturated heterocycles. The number of esters is 1. The van der Waals surface area contributed by atoms with Crippen molar-refractivity contribution in [1.82, 2.24) is 15.1 Å². The predicted molar refractivity (Wildman–Crippen MR) is 120 cm³/mol. The highest BCUT2D eigenvalue weighted by Crippen LogP contribution is 2.34. The molecule has 1 N–H and O–H groups in total. The van der Waals surface area contributed by atoms with Crippen LogP contribution in [0.5, 0.6) is 0 Å². The normalized spacial score (nSPS) is 21.6. The molecule has 1 aromatic carbocycles. The number of carbonyl (C=O) groups excluding carboxylic acids is 3. The second-order valence-electron chi connectivity index (χ2n) is 8.62. The minimum atomic E-state index is -1.25. The maximum Gasteiger partial charge on any atom is 0.358 e. The van der Waals surface area contributed by atoms with Crippen molar-refractivity contribution in [3.05, 3.63) is 46.7 Å². The molecule has 170 valence electrons. The third-order valence-electron chi connectivity index (χ3n) is 6.31. The highest BCUT2D eigenvalue weighted by molar-refractivity contribution is 6.30. The van der Waals surface area contributed by atoms with Gasteiger partial charge in [0.15, 0.2) is 5.69 Å². The van der Waals surface area contributed by atoms with Gasteiger partial charge in [0.2, 0.25) is 5.91 Å². The molecule has 32 heavy (non-hydrogen) atoms. The van der Waals surface area contributed by atoms with E-state index in [1.807, 2.05) is 0 Å². The van der Waals surface area contributed by atoms with E-state index in [1.165, 1.54) is 35.6 Å². The van der Waals surface area contributed by atoms with Gasteiger partial charge in [-0.2, -0.15) is 5.10 Å². The van der Waals surface area contributed by atoms with Gasteiger partial charge in [-0.05, 0) is 44.0 Å². The highest BCUT2D eigenvalue weighted by atomic mass is 35.5. The number of anilines is 1. The van der Waals surface area contributed by atoms with Crippen LogP contribution in [0, 0.1) is 0 Å². The largest absolute Gasteiger partial charge is 0.464 e. The molecule has 1 fully saturated rings. The number of hydrogen-bond acceptors (Lipinski definition) is 5. The fraction of sp³-hybridized carbons (Fsp3) is 0.478. The van der Waals surface area contributed by atoms with Crippen LogP contribution in [0.3, 0.4) is 0 Å². The van der Waals surface area contributed by atoms with Crippen LogP contribution in [-0.4, -0.2) is 46.3 Å². The van der Waals surface area contributed by atoms with Crippen molar-refractivity contribution in [2.24, 2.45) is 0 Å². The van der Waals surface area contributed by atoms with Gasteiger partial charge in [-0.25, -0.2) is 4.79 Å². The summed E-state index contributed by atoms with van der Waals surface area (Å²) in [4.78, 5) is 40.7. The molecule has 0 bridgehead atoms. The highest BCUT2D eigenvalue weighted by Gasteiger charge is 2.49. The van der Waals surface area contributed by atoms with E-state index >= 15 is 0 Å². The number of rotatable bonds is 4. The number of methoxy groups -OCH3 is 1. The summed E-state index contributed by atoms with van der Waals surface area (Å²) < 4.78 is 6.18. The summed E-state index contributed by atoms with van der Waals surface area (Å²) in [7, 11) is 1.26. The molecule has 1 saturated carbocycles. The smallest absolute Gasteiger partial charge is 0.358 e. The average Bonchev–Trinajstić information content (AvgIpc) is 3.03. The quantitative estimate of drug-likeness (QED) is 0.558. The van der Waals surface area contributed by atoms with Gasteiger partial charge in [-0.3, -0.25) is 19.2 Å². The maximum absolute atomic E-state index is 13.6. The first kappa shape index (κ1) is 22.3. The molecule has 1 aliphatic carbocycles. The first-order chi connectivity index (χ1) is 15.3. The van der Waals surface area contributed by atoms with Gasteiger partial charge >= 0.3 is 5.97 Å². The zero-order valence-electron chi connectivity index (χ0n) is 18.3. The van der Waals surface area contributed by atoms with E-state index in [-0.39, 0.29) is 29.9 Å². The average molecular weight is 459 g/mol. The number of aromatic nitrogens is 2. The van der Waals surface area contributed by atoms with E-state index in [1.54, 1.807) is 31.2 Å². The summed E-state index contributed by atoms with van der Waals surface area (Å²) in [5, 5.41) is 7.96. The number of carbonyl (C=O) groups is 3. The molecule has 8 nitrogen and oxygen atoms in total. The Labute approximate surface area is 191 Å². The lowest BCUT2D eigenvalue weighted by molar-refractivity contribution is -0.127. The van der Waals surface area contributed by atoms with Crippen molar-refractivity contribution in [3.8, 4) is 0 Å². The molecule has 2 amide bonds. The van der Waals surface area contributed by atoms with E-state index in [0.29, 0.717) is 10.7 Å². The van der Waals surface area contributed by atoms with E-state index in [0.717, 1.165) is 25.7 Å². The van der Waals surface area contributed by atoms with Crippen LogP contribution in [-0.2, 0) is 16.1 Å². The Balaban J connectivity index is 1.73. The predicted octanol–water partition coefficient (Wildman–Crippen LogP) is 3.58. The molecule has 4 rings (SSSR count). The number of ether oxygens (including phenoxy) is 1. The van der Waals surface area contributed by atoms with Gasteiger partial charge in [0.1, 0.15) is 11.2 Å². The Morgan fingerprint density at radius 2 is 1.81 bits per heavy atom. The third kappa shape index (κ3) is 4.11. The van der Waals surface area contributed by atoms with Crippen molar-refractivity contribution < 1.29 is 19.1 Å². The minimum absolute atomic E-state index is 0.0281. The number of nitrogens with one attached hydrogen (secondary N) is 1. The van der Waals surface area contributed by atoms with Crippen LogP contribution in [0.2, 0.25) is 5.02 Å². The Morgan fingerprint density at radius 3 is 2.44 bits per heavy atom. The molecule has 1 atom stereocenters. The van der Waals surface area contributed by atoms with Crippen LogP contribution < -0.4 is 10.2 Å². The number of amides is 2. The first-order valence-electron chi connectivity index (χ1n) is 10.9. The fourth-order valence-electron chi connectivity index (χ4n) is 4.55. The number of nitrogens with zero attached hydrogens (tertiary/aromatic N) is 3. The van der Waals surface area contributed by atoms with Crippen molar-refractivity contribution >= 4 is 35.1 Å². The molecular weight excluding hydrogens is 432 g/mol. The topological polar surface area (TPSA) is 93.5 Å². The lowest BCUT2D eigenvalue weighted by Crippen LogP contribution is -2.65. The van der Waals surface area contributed by atoms with Crippen molar-refractivity contribution in [3.63, 3.8) is 0 Å². The van der Waals surface area contributed by atoms with E-state index < -0.39 is 17.4 Å². The molecular formula is C23H27ClN4O4. The van der Waals surface area contributed by atoms with Gasteiger partial charge in [-0.15, -0.1) is 0 Å². The van der Waals surface area contributed by atoms with Crippen LogP contribution in [0.15, 0.2) is 30.3 Å². The molecule has 2 aromatic rings. The van der Waals surface area contributed by atoms with Gasteiger partial charge in [0.25, 0.3) is 5.91 Å². The van der Waals surface area contributed by atoms with Crippen LogP contribution in [0.1, 0.15) is 66.4 Å². The zero-order chi connectivity index (χ0) is 22.9. The molecule has 0 spiro atoms. The van der Waals surface area contributed by atoms with E-state index in [2.05, 4.69) is 10.4 Å². The number of benzene rings is 1.